The molecule has 0 amide bonds. The van der Waals surface area contributed by atoms with Crippen LogP contribution in [0.5, 0.6) is 0 Å². The van der Waals surface area contributed by atoms with Gasteiger partial charge in [-0.05, 0) is 31.0 Å². The second-order valence-corrected chi connectivity index (χ2v) is 5.93. The van der Waals surface area contributed by atoms with Crippen LogP contribution in [0.4, 0.5) is 0 Å². The Morgan fingerprint density at radius 3 is 2.95 bits per heavy atom. The highest BCUT2D eigenvalue weighted by molar-refractivity contribution is 6.38. The Labute approximate surface area is 125 Å². The molecule has 0 atom stereocenters. The van der Waals surface area contributed by atoms with Crippen LogP contribution in [0.25, 0.3) is 10.9 Å². The van der Waals surface area contributed by atoms with Crippen LogP contribution < -0.4 is 0 Å². The SMILES string of the molecule is Clc1cc(Cl)c2ccn(Cc3nc(C4CC4)no3)c2c1. The van der Waals surface area contributed by atoms with Gasteiger partial charge in [0.25, 0.3) is 0 Å². The highest BCUT2D eigenvalue weighted by Crippen LogP contribution is 2.38. The van der Waals surface area contributed by atoms with Gasteiger partial charge in [-0.3, -0.25) is 0 Å². The molecule has 1 saturated carbocycles. The van der Waals surface area contributed by atoms with Gasteiger partial charge in [0.15, 0.2) is 5.82 Å². The van der Waals surface area contributed by atoms with Crippen LogP contribution in [0.15, 0.2) is 28.9 Å². The Morgan fingerprint density at radius 2 is 2.15 bits per heavy atom. The summed E-state index contributed by atoms with van der Waals surface area (Å²) in [6.45, 7) is 0.528. The average Bonchev–Trinajstić information content (AvgIpc) is 3.03. The molecule has 0 unspecified atom stereocenters. The molecule has 2 aromatic heterocycles. The van der Waals surface area contributed by atoms with Crippen LogP contribution in [0.3, 0.4) is 0 Å². The molecule has 20 heavy (non-hydrogen) atoms. The van der Waals surface area contributed by atoms with Gasteiger partial charge in [0.2, 0.25) is 5.89 Å². The Morgan fingerprint density at radius 1 is 1.30 bits per heavy atom. The largest absolute Gasteiger partial charge is 0.338 e. The average molecular weight is 308 g/mol. The van der Waals surface area contributed by atoms with Crippen LogP contribution >= 0.6 is 23.2 Å². The molecular weight excluding hydrogens is 297 g/mol. The van der Waals surface area contributed by atoms with Crippen LogP contribution in [0, 0.1) is 0 Å². The van der Waals surface area contributed by atoms with E-state index in [-0.39, 0.29) is 0 Å². The second kappa shape index (κ2) is 4.50. The van der Waals surface area contributed by atoms with E-state index in [2.05, 4.69) is 10.1 Å². The van der Waals surface area contributed by atoms with Crippen molar-refractivity contribution < 1.29 is 4.52 Å². The predicted molar refractivity (Wildman–Crippen MR) is 77.3 cm³/mol. The lowest BCUT2D eigenvalue weighted by molar-refractivity contribution is 0.367. The zero-order valence-corrected chi connectivity index (χ0v) is 12.0. The van der Waals surface area contributed by atoms with E-state index in [1.807, 2.05) is 22.9 Å². The molecule has 1 fully saturated rings. The van der Waals surface area contributed by atoms with E-state index in [4.69, 9.17) is 27.7 Å². The van der Waals surface area contributed by atoms with Crippen molar-refractivity contribution in [2.45, 2.75) is 25.3 Å². The van der Waals surface area contributed by atoms with E-state index < -0.39 is 0 Å². The van der Waals surface area contributed by atoms with Crippen molar-refractivity contribution in [2.75, 3.05) is 0 Å². The minimum atomic E-state index is 0.498. The van der Waals surface area contributed by atoms with Crippen molar-refractivity contribution in [3.8, 4) is 0 Å². The molecule has 1 aliphatic rings. The molecular formula is C14H11Cl2N3O. The van der Waals surface area contributed by atoms with Crippen molar-refractivity contribution in [3.63, 3.8) is 0 Å². The summed E-state index contributed by atoms with van der Waals surface area (Å²) in [5.41, 5.74) is 0.966. The third-order valence-corrected chi connectivity index (χ3v) is 4.07. The number of hydrogen-bond acceptors (Lipinski definition) is 3. The molecule has 0 N–H and O–H groups in total. The topological polar surface area (TPSA) is 43.9 Å². The van der Waals surface area contributed by atoms with Crippen LogP contribution in [-0.4, -0.2) is 14.7 Å². The summed E-state index contributed by atoms with van der Waals surface area (Å²) >= 11 is 12.2. The van der Waals surface area contributed by atoms with E-state index in [0.29, 0.717) is 28.4 Å². The lowest BCUT2D eigenvalue weighted by Crippen LogP contribution is -1.98. The summed E-state index contributed by atoms with van der Waals surface area (Å²) < 4.78 is 7.31. The molecule has 3 aromatic rings. The van der Waals surface area contributed by atoms with Crippen molar-refractivity contribution >= 4 is 34.1 Å². The Hall–Kier alpha value is -1.52. The predicted octanol–water partition coefficient (Wildman–Crippen LogP) is 4.26. The minimum Gasteiger partial charge on any atom is -0.338 e. The first-order valence-electron chi connectivity index (χ1n) is 6.47. The molecule has 4 nitrogen and oxygen atoms in total. The fourth-order valence-electron chi connectivity index (χ4n) is 2.34. The number of hydrogen-bond donors (Lipinski definition) is 0. The first-order chi connectivity index (χ1) is 9.70. The Bertz CT molecular complexity index is 789. The number of fused-ring (bicyclic) bond motifs is 1. The summed E-state index contributed by atoms with van der Waals surface area (Å²) in [6, 6.07) is 5.60. The Kier molecular flexibility index (Phi) is 2.75. The molecule has 1 aromatic carbocycles. The molecule has 0 bridgehead atoms. The first kappa shape index (κ1) is 12.2. The van der Waals surface area contributed by atoms with Crippen LogP contribution in [0.1, 0.15) is 30.5 Å². The number of halogens is 2. The normalized spacial score (nSPS) is 15.1. The van der Waals surface area contributed by atoms with Crippen LogP contribution in [-0.2, 0) is 6.54 Å². The summed E-state index contributed by atoms with van der Waals surface area (Å²) in [5, 5.41) is 6.26. The van der Waals surface area contributed by atoms with Gasteiger partial charge in [0.1, 0.15) is 6.54 Å². The Balaban J connectivity index is 1.70. The molecule has 0 spiro atoms. The lowest BCUT2D eigenvalue weighted by Gasteiger charge is -2.03. The third kappa shape index (κ3) is 2.09. The van der Waals surface area contributed by atoms with Gasteiger partial charge in [0.05, 0.1) is 10.5 Å². The summed E-state index contributed by atoms with van der Waals surface area (Å²) in [5.74, 6) is 1.94. The fourth-order valence-corrected chi connectivity index (χ4v) is 2.89. The van der Waals surface area contributed by atoms with Crippen LogP contribution in [0.2, 0.25) is 10.0 Å². The zero-order chi connectivity index (χ0) is 13.7. The maximum absolute atomic E-state index is 6.18. The minimum absolute atomic E-state index is 0.498. The number of aromatic nitrogens is 3. The quantitative estimate of drug-likeness (QED) is 0.726. The molecule has 1 aliphatic carbocycles. The first-order valence-corrected chi connectivity index (χ1v) is 7.22. The summed E-state index contributed by atoms with van der Waals surface area (Å²) in [4.78, 5) is 4.43. The van der Waals surface area contributed by atoms with E-state index in [0.717, 1.165) is 29.6 Å². The number of rotatable bonds is 3. The van der Waals surface area contributed by atoms with Gasteiger partial charge in [-0.1, -0.05) is 28.4 Å². The molecule has 2 heterocycles. The number of benzene rings is 1. The number of nitrogens with zero attached hydrogens (tertiary/aromatic N) is 3. The maximum atomic E-state index is 6.18. The van der Waals surface area contributed by atoms with E-state index in [9.17, 15) is 0 Å². The van der Waals surface area contributed by atoms with E-state index in [1.165, 1.54) is 0 Å². The monoisotopic (exact) mass is 307 g/mol. The summed E-state index contributed by atoms with van der Waals surface area (Å²) in [6.07, 6.45) is 4.28. The van der Waals surface area contributed by atoms with Crippen molar-refractivity contribution in [3.05, 3.63) is 46.2 Å². The molecule has 6 heteroatoms. The van der Waals surface area contributed by atoms with Gasteiger partial charge < -0.3 is 9.09 Å². The smallest absolute Gasteiger partial charge is 0.246 e. The molecule has 4 rings (SSSR count). The van der Waals surface area contributed by atoms with Gasteiger partial charge in [-0.2, -0.15) is 4.98 Å². The van der Waals surface area contributed by atoms with Gasteiger partial charge in [0, 0.05) is 22.5 Å². The van der Waals surface area contributed by atoms with Gasteiger partial charge in [-0.25, -0.2) is 0 Å². The van der Waals surface area contributed by atoms with E-state index in [1.54, 1.807) is 6.07 Å². The standard InChI is InChI=1S/C14H11Cl2N3O/c15-9-5-11(16)10-3-4-19(12(10)6-9)7-13-17-14(18-20-13)8-1-2-8/h3-6,8H,1-2,7H2. The van der Waals surface area contributed by atoms with E-state index >= 15 is 0 Å². The fraction of sp³-hybridized carbons (Fsp3) is 0.286. The molecule has 0 saturated heterocycles. The van der Waals surface area contributed by atoms with Gasteiger partial charge in [-0.15, -0.1) is 0 Å². The molecule has 0 radical (unpaired) electrons. The second-order valence-electron chi connectivity index (χ2n) is 5.08. The van der Waals surface area contributed by atoms with Crippen molar-refractivity contribution in [1.82, 2.24) is 14.7 Å². The lowest BCUT2D eigenvalue weighted by atomic mass is 10.2. The molecule has 0 aliphatic heterocycles. The maximum Gasteiger partial charge on any atom is 0.246 e. The highest BCUT2D eigenvalue weighted by atomic mass is 35.5. The summed E-state index contributed by atoms with van der Waals surface area (Å²) in [7, 11) is 0. The van der Waals surface area contributed by atoms with Crippen molar-refractivity contribution in [1.29, 1.82) is 0 Å². The highest BCUT2D eigenvalue weighted by Gasteiger charge is 2.28. The zero-order valence-electron chi connectivity index (χ0n) is 10.5. The molecule has 102 valence electrons. The third-order valence-electron chi connectivity index (χ3n) is 3.53. The van der Waals surface area contributed by atoms with Crippen molar-refractivity contribution in [2.24, 2.45) is 0 Å². The van der Waals surface area contributed by atoms with Gasteiger partial charge >= 0.3 is 0 Å².